The maximum absolute atomic E-state index is 11.8. The van der Waals surface area contributed by atoms with Gasteiger partial charge in [0.1, 0.15) is 6.54 Å². The van der Waals surface area contributed by atoms with E-state index in [0.29, 0.717) is 11.6 Å². The molecule has 0 spiro atoms. The molecule has 1 amide bonds. The molecule has 5 heteroatoms. The lowest BCUT2D eigenvalue weighted by atomic mass is 10.0. The molecule has 0 aliphatic heterocycles. The third-order valence-electron chi connectivity index (χ3n) is 2.91. The number of carbonyl (C=O) groups excluding carboxylic acids is 1. The largest absolute Gasteiger partial charge is 0.398 e. The molecule has 0 aliphatic carbocycles. The van der Waals surface area contributed by atoms with Crippen molar-refractivity contribution in [2.75, 3.05) is 5.73 Å². The van der Waals surface area contributed by atoms with Crippen LogP contribution in [0.2, 0.25) is 0 Å². The van der Waals surface area contributed by atoms with Crippen molar-refractivity contribution in [3.05, 3.63) is 28.7 Å². The Balaban J connectivity index is 2.70. The monoisotopic (exact) mass is 251 g/mol. The van der Waals surface area contributed by atoms with E-state index in [1.54, 1.807) is 0 Å². The van der Waals surface area contributed by atoms with Crippen molar-refractivity contribution in [2.24, 2.45) is 5.92 Å². The molecule has 5 nitrogen and oxygen atoms in total. The zero-order valence-electron chi connectivity index (χ0n) is 11.1. The third-order valence-corrected chi connectivity index (χ3v) is 2.91. The lowest BCUT2D eigenvalue weighted by Gasteiger charge is -2.20. The van der Waals surface area contributed by atoms with E-state index in [4.69, 9.17) is 5.73 Å². The first-order valence-electron chi connectivity index (χ1n) is 6.19. The van der Waals surface area contributed by atoms with Crippen LogP contribution in [-0.4, -0.2) is 16.5 Å². The van der Waals surface area contributed by atoms with Gasteiger partial charge in [-0.3, -0.25) is 9.59 Å². The summed E-state index contributed by atoms with van der Waals surface area (Å²) in [6.07, 6.45) is 2.35. The predicted octanol–water partition coefficient (Wildman–Crippen LogP) is 0.981. The van der Waals surface area contributed by atoms with E-state index in [1.807, 2.05) is 6.92 Å². The first kappa shape index (κ1) is 14.3. The molecule has 18 heavy (non-hydrogen) atoms. The molecule has 100 valence electrons. The summed E-state index contributed by atoms with van der Waals surface area (Å²) in [6.45, 7) is 6.15. The van der Waals surface area contributed by atoms with Crippen molar-refractivity contribution in [3.8, 4) is 0 Å². The van der Waals surface area contributed by atoms with E-state index in [0.717, 1.165) is 6.42 Å². The van der Waals surface area contributed by atoms with Gasteiger partial charge in [0.15, 0.2) is 0 Å². The molecule has 1 rings (SSSR count). The minimum absolute atomic E-state index is 0.00704. The third kappa shape index (κ3) is 3.91. The minimum Gasteiger partial charge on any atom is -0.398 e. The second-order valence-electron chi connectivity index (χ2n) is 4.75. The number of hydrogen-bond acceptors (Lipinski definition) is 3. The second kappa shape index (κ2) is 6.23. The van der Waals surface area contributed by atoms with Crippen LogP contribution in [0.5, 0.6) is 0 Å². The van der Waals surface area contributed by atoms with Gasteiger partial charge in [-0.1, -0.05) is 20.8 Å². The number of nitrogen functional groups attached to an aromatic ring is 1. The number of nitrogens with zero attached hydrogens (tertiary/aromatic N) is 1. The average Bonchev–Trinajstić information content (AvgIpc) is 2.30. The zero-order valence-corrected chi connectivity index (χ0v) is 11.1. The van der Waals surface area contributed by atoms with Crippen LogP contribution in [0.3, 0.4) is 0 Å². The predicted molar refractivity (Wildman–Crippen MR) is 72.2 cm³/mol. The molecule has 0 radical (unpaired) electrons. The van der Waals surface area contributed by atoms with Crippen molar-refractivity contribution in [1.82, 2.24) is 9.88 Å². The first-order valence-corrected chi connectivity index (χ1v) is 6.19. The Bertz CT molecular complexity index is 466. The van der Waals surface area contributed by atoms with Gasteiger partial charge in [0.25, 0.3) is 5.56 Å². The van der Waals surface area contributed by atoms with Gasteiger partial charge >= 0.3 is 0 Å². The summed E-state index contributed by atoms with van der Waals surface area (Å²) < 4.78 is 1.32. The van der Waals surface area contributed by atoms with E-state index < -0.39 is 0 Å². The van der Waals surface area contributed by atoms with Crippen LogP contribution >= 0.6 is 0 Å². The summed E-state index contributed by atoms with van der Waals surface area (Å²) in [6, 6.07) is 3.02. The van der Waals surface area contributed by atoms with Crippen LogP contribution in [0.15, 0.2) is 23.1 Å². The molecular formula is C13H21N3O2. The van der Waals surface area contributed by atoms with Gasteiger partial charge in [-0.2, -0.15) is 0 Å². The molecule has 0 fully saturated rings. The topological polar surface area (TPSA) is 77.1 Å². The number of nitrogens with two attached hydrogens (primary N) is 1. The van der Waals surface area contributed by atoms with Crippen molar-refractivity contribution in [1.29, 1.82) is 0 Å². The van der Waals surface area contributed by atoms with E-state index >= 15 is 0 Å². The molecule has 0 bridgehead atoms. The fraction of sp³-hybridized carbons (Fsp3) is 0.538. The van der Waals surface area contributed by atoms with Crippen molar-refractivity contribution in [2.45, 2.75) is 39.8 Å². The van der Waals surface area contributed by atoms with Crippen molar-refractivity contribution in [3.63, 3.8) is 0 Å². The number of pyridine rings is 1. The van der Waals surface area contributed by atoms with Gasteiger partial charge in [0, 0.05) is 24.0 Å². The summed E-state index contributed by atoms with van der Waals surface area (Å²) >= 11 is 0. The Hall–Kier alpha value is -1.78. The summed E-state index contributed by atoms with van der Waals surface area (Å²) in [7, 11) is 0. The molecule has 0 aromatic carbocycles. The van der Waals surface area contributed by atoms with E-state index in [9.17, 15) is 9.59 Å². The van der Waals surface area contributed by atoms with Gasteiger partial charge in [-0.25, -0.2) is 0 Å². The maximum atomic E-state index is 11.8. The lowest BCUT2D eigenvalue weighted by Crippen LogP contribution is -2.41. The number of hydrogen-bond donors (Lipinski definition) is 2. The average molecular weight is 251 g/mol. The molecule has 1 unspecified atom stereocenters. The van der Waals surface area contributed by atoms with Gasteiger partial charge in [-0.15, -0.1) is 0 Å². The number of carbonyl (C=O) groups is 1. The summed E-state index contributed by atoms with van der Waals surface area (Å²) in [5.41, 5.74) is 5.83. The Kier molecular flexibility index (Phi) is 4.95. The summed E-state index contributed by atoms with van der Waals surface area (Å²) in [5, 5.41) is 2.92. The Morgan fingerprint density at radius 1 is 1.44 bits per heavy atom. The van der Waals surface area contributed by atoms with Gasteiger partial charge in [0.2, 0.25) is 5.91 Å². The highest BCUT2D eigenvalue weighted by Gasteiger charge is 2.14. The lowest BCUT2D eigenvalue weighted by molar-refractivity contribution is -0.122. The highest BCUT2D eigenvalue weighted by atomic mass is 16.2. The number of amides is 1. The number of anilines is 1. The molecule has 0 aliphatic rings. The number of nitrogens with one attached hydrogen (secondary N) is 1. The van der Waals surface area contributed by atoms with Gasteiger partial charge < -0.3 is 15.6 Å². The fourth-order valence-electron chi connectivity index (χ4n) is 1.82. The smallest absolute Gasteiger partial charge is 0.251 e. The normalized spacial score (nSPS) is 12.4. The van der Waals surface area contributed by atoms with Gasteiger partial charge in [0.05, 0.1) is 0 Å². The molecule has 3 N–H and O–H groups in total. The van der Waals surface area contributed by atoms with Crippen LogP contribution in [-0.2, 0) is 11.3 Å². The highest BCUT2D eigenvalue weighted by Crippen LogP contribution is 2.05. The van der Waals surface area contributed by atoms with Crippen LogP contribution in [0, 0.1) is 5.92 Å². The van der Waals surface area contributed by atoms with E-state index in [2.05, 4.69) is 19.2 Å². The quantitative estimate of drug-likeness (QED) is 0.819. The van der Waals surface area contributed by atoms with Gasteiger partial charge in [-0.05, 0) is 18.4 Å². The number of aromatic nitrogens is 1. The summed E-state index contributed by atoms with van der Waals surface area (Å²) in [4.78, 5) is 23.4. The Labute approximate surface area is 107 Å². The summed E-state index contributed by atoms with van der Waals surface area (Å²) in [5.74, 6) is 0.208. The molecule has 1 atom stereocenters. The maximum Gasteiger partial charge on any atom is 0.251 e. The zero-order chi connectivity index (χ0) is 13.7. The highest BCUT2D eigenvalue weighted by molar-refractivity contribution is 5.76. The molecule has 1 aromatic heterocycles. The molecule has 1 aromatic rings. The van der Waals surface area contributed by atoms with Crippen LogP contribution in [0.4, 0.5) is 5.69 Å². The first-order chi connectivity index (χ1) is 8.43. The number of rotatable bonds is 5. The molecule has 0 saturated carbocycles. The van der Waals surface area contributed by atoms with E-state index in [-0.39, 0.29) is 24.1 Å². The van der Waals surface area contributed by atoms with Crippen LogP contribution in [0.25, 0.3) is 0 Å². The molecular weight excluding hydrogens is 230 g/mol. The SMILES string of the molecule is CCC(NC(=O)Cn1cc(N)ccc1=O)C(C)C. The minimum atomic E-state index is -0.225. The second-order valence-corrected chi connectivity index (χ2v) is 4.75. The molecule has 1 heterocycles. The van der Waals surface area contributed by atoms with Crippen LogP contribution in [0.1, 0.15) is 27.2 Å². The standard InChI is InChI=1S/C13H21N3O2/c1-4-11(9(2)3)15-12(17)8-16-7-10(14)5-6-13(16)18/h5-7,9,11H,4,8,14H2,1-3H3,(H,15,17). The van der Waals surface area contributed by atoms with Crippen molar-refractivity contribution < 1.29 is 4.79 Å². The Morgan fingerprint density at radius 3 is 2.67 bits per heavy atom. The Morgan fingerprint density at radius 2 is 2.11 bits per heavy atom. The van der Waals surface area contributed by atoms with Crippen LogP contribution < -0.4 is 16.6 Å². The van der Waals surface area contributed by atoms with E-state index in [1.165, 1.54) is 22.9 Å². The fourth-order valence-corrected chi connectivity index (χ4v) is 1.82. The van der Waals surface area contributed by atoms with Crippen molar-refractivity contribution >= 4 is 11.6 Å². The molecule has 0 saturated heterocycles.